The van der Waals surface area contributed by atoms with Gasteiger partial charge in [-0.25, -0.2) is 0 Å². The average Bonchev–Trinajstić information content (AvgIpc) is 2.09. The molecule has 1 saturated carbocycles. The summed E-state index contributed by atoms with van der Waals surface area (Å²) in [7, 11) is 1.69. The van der Waals surface area contributed by atoms with Crippen molar-refractivity contribution in [2.75, 3.05) is 7.11 Å². The molecular formula is C10H20O2. The van der Waals surface area contributed by atoms with Gasteiger partial charge in [-0.2, -0.15) is 0 Å². The Morgan fingerprint density at radius 1 is 1.17 bits per heavy atom. The van der Waals surface area contributed by atoms with Gasteiger partial charge >= 0.3 is 0 Å². The van der Waals surface area contributed by atoms with Crippen LogP contribution >= 0.6 is 0 Å². The van der Waals surface area contributed by atoms with Crippen LogP contribution in [0.1, 0.15) is 39.5 Å². The van der Waals surface area contributed by atoms with Gasteiger partial charge in [0.1, 0.15) is 0 Å². The molecule has 0 radical (unpaired) electrons. The van der Waals surface area contributed by atoms with E-state index in [1.807, 2.05) is 6.92 Å². The van der Waals surface area contributed by atoms with Gasteiger partial charge in [0.05, 0.1) is 6.10 Å². The van der Waals surface area contributed by atoms with Gasteiger partial charge in [0, 0.05) is 7.11 Å². The van der Waals surface area contributed by atoms with E-state index in [0.29, 0.717) is 6.10 Å². The molecule has 0 saturated heterocycles. The van der Waals surface area contributed by atoms with Crippen LogP contribution in [0.15, 0.2) is 0 Å². The summed E-state index contributed by atoms with van der Waals surface area (Å²) in [5, 5.41) is 0. The van der Waals surface area contributed by atoms with Gasteiger partial charge in [0.2, 0.25) is 0 Å². The maximum atomic E-state index is 5.67. The van der Waals surface area contributed by atoms with Gasteiger partial charge in [0.15, 0.2) is 6.29 Å². The van der Waals surface area contributed by atoms with Crippen molar-refractivity contribution in [3.63, 3.8) is 0 Å². The predicted molar refractivity (Wildman–Crippen MR) is 49.0 cm³/mol. The lowest BCUT2D eigenvalue weighted by Crippen LogP contribution is -2.25. The molecule has 0 heterocycles. The number of methoxy groups -OCH3 is 1. The van der Waals surface area contributed by atoms with Crippen LogP contribution in [-0.4, -0.2) is 19.5 Å². The highest BCUT2D eigenvalue weighted by molar-refractivity contribution is 4.69. The van der Waals surface area contributed by atoms with Gasteiger partial charge in [-0.3, -0.25) is 0 Å². The van der Waals surface area contributed by atoms with Crippen molar-refractivity contribution in [3.8, 4) is 0 Å². The first-order valence-corrected chi connectivity index (χ1v) is 4.90. The quantitative estimate of drug-likeness (QED) is 0.609. The normalized spacial score (nSPS) is 33.2. The lowest BCUT2D eigenvalue weighted by atomic mass is 9.89. The summed E-state index contributed by atoms with van der Waals surface area (Å²) in [6, 6.07) is 0. The monoisotopic (exact) mass is 172 g/mol. The van der Waals surface area contributed by atoms with Crippen molar-refractivity contribution in [3.05, 3.63) is 0 Å². The third-order valence-corrected chi connectivity index (χ3v) is 2.68. The smallest absolute Gasteiger partial charge is 0.154 e. The van der Waals surface area contributed by atoms with Crippen LogP contribution in [-0.2, 0) is 9.47 Å². The molecule has 0 N–H and O–H groups in total. The van der Waals surface area contributed by atoms with E-state index >= 15 is 0 Å². The maximum Gasteiger partial charge on any atom is 0.154 e. The molecule has 0 spiro atoms. The van der Waals surface area contributed by atoms with Gasteiger partial charge in [-0.15, -0.1) is 0 Å². The third-order valence-electron chi connectivity index (χ3n) is 2.68. The summed E-state index contributed by atoms with van der Waals surface area (Å²) in [6.07, 6.45) is 5.42. The van der Waals surface area contributed by atoms with Gasteiger partial charge < -0.3 is 9.47 Å². The SMILES string of the molecule is COC(C)OC1CCC(C)CC1. The zero-order chi connectivity index (χ0) is 8.97. The summed E-state index contributed by atoms with van der Waals surface area (Å²) in [5.74, 6) is 0.891. The Hall–Kier alpha value is -0.0800. The highest BCUT2D eigenvalue weighted by atomic mass is 16.7. The topological polar surface area (TPSA) is 18.5 Å². The Morgan fingerprint density at radius 2 is 1.75 bits per heavy atom. The van der Waals surface area contributed by atoms with Crippen LogP contribution in [0.3, 0.4) is 0 Å². The van der Waals surface area contributed by atoms with Crippen molar-refractivity contribution in [2.24, 2.45) is 5.92 Å². The first kappa shape index (κ1) is 10.0. The molecule has 2 heteroatoms. The Kier molecular flexibility index (Phi) is 4.02. The fraction of sp³-hybridized carbons (Fsp3) is 1.00. The summed E-state index contributed by atoms with van der Waals surface area (Å²) in [5.41, 5.74) is 0. The summed E-state index contributed by atoms with van der Waals surface area (Å²) >= 11 is 0. The summed E-state index contributed by atoms with van der Waals surface area (Å²) in [6.45, 7) is 4.27. The largest absolute Gasteiger partial charge is 0.356 e. The Balaban J connectivity index is 2.17. The lowest BCUT2D eigenvalue weighted by molar-refractivity contribution is -0.152. The van der Waals surface area contributed by atoms with Crippen molar-refractivity contribution in [1.82, 2.24) is 0 Å². The van der Waals surface area contributed by atoms with E-state index in [0.717, 1.165) is 5.92 Å². The van der Waals surface area contributed by atoms with Crippen LogP contribution < -0.4 is 0 Å². The van der Waals surface area contributed by atoms with Gasteiger partial charge in [0.25, 0.3) is 0 Å². The number of rotatable bonds is 3. The van der Waals surface area contributed by atoms with Crippen LogP contribution in [0.25, 0.3) is 0 Å². The minimum Gasteiger partial charge on any atom is -0.356 e. The minimum absolute atomic E-state index is 0.0385. The van der Waals surface area contributed by atoms with Crippen molar-refractivity contribution in [1.29, 1.82) is 0 Å². The molecule has 72 valence electrons. The second-order valence-electron chi connectivity index (χ2n) is 3.82. The lowest BCUT2D eigenvalue weighted by Gasteiger charge is -2.28. The molecule has 1 aliphatic carbocycles. The van der Waals surface area contributed by atoms with E-state index in [-0.39, 0.29) is 6.29 Å². The molecule has 0 aromatic heterocycles. The molecule has 0 aromatic rings. The molecule has 1 unspecified atom stereocenters. The molecule has 2 nitrogen and oxygen atoms in total. The number of hydrogen-bond donors (Lipinski definition) is 0. The van der Waals surface area contributed by atoms with E-state index in [1.165, 1.54) is 25.7 Å². The fourth-order valence-corrected chi connectivity index (χ4v) is 1.69. The first-order valence-electron chi connectivity index (χ1n) is 4.90. The van der Waals surface area contributed by atoms with E-state index in [2.05, 4.69) is 6.92 Å². The first-order chi connectivity index (χ1) is 5.72. The highest BCUT2D eigenvalue weighted by Gasteiger charge is 2.20. The van der Waals surface area contributed by atoms with Crippen LogP contribution in [0.2, 0.25) is 0 Å². The van der Waals surface area contributed by atoms with E-state index < -0.39 is 0 Å². The van der Waals surface area contributed by atoms with E-state index in [9.17, 15) is 0 Å². The summed E-state index contributed by atoms with van der Waals surface area (Å²) < 4.78 is 10.7. The molecule has 0 amide bonds. The van der Waals surface area contributed by atoms with Gasteiger partial charge in [-0.05, 0) is 38.5 Å². The Labute approximate surface area is 75.2 Å². The third kappa shape index (κ3) is 3.11. The predicted octanol–water partition coefficient (Wildman–Crippen LogP) is 2.57. The molecule has 1 fully saturated rings. The van der Waals surface area contributed by atoms with E-state index in [1.54, 1.807) is 7.11 Å². The van der Waals surface area contributed by atoms with Crippen LogP contribution in [0.4, 0.5) is 0 Å². The van der Waals surface area contributed by atoms with Crippen LogP contribution in [0.5, 0.6) is 0 Å². The van der Waals surface area contributed by atoms with Crippen molar-refractivity contribution >= 4 is 0 Å². The second kappa shape index (κ2) is 4.83. The van der Waals surface area contributed by atoms with E-state index in [4.69, 9.17) is 9.47 Å². The molecule has 0 aliphatic heterocycles. The zero-order valence-corrected chi connectivity index (χ0v) is 8.38. The van der Waals surface area contributed by atoms with Gasteiger partial charge in [-0.1, -0.05) is 6.92 Å². The molecule has 1 rings (SSSR count). The molecule has 1 aliphatic rings. The van der Waals surface area contributed by atoms with Crippen LogP contribution in [0, 0.1) is 5.92 Å². The van der Waals surface area contributed by atoms with Crippen molar-refractivity contribution in [2.45, 2.75) is 51.9 Å². The average molecular weight is 172 g/mol. The van der Waals surface area contributed by atoms with Crippen molar-refractivity contribution < 1.29 is 9.47 Å². The second-order valence-corrected chi connectivity index (χ2v) is 3.82. The zero-order valence-electron chi connectivity index (χ0n) is 8.38. The molecule has 0 bridgehead atoms. The standard InChI is InChI=1S/C10H20O2/c1-8-4-6-10(7-5-8)12-9(2)11-3/h8-10H,4-7H2,1-3H3. The number of hydrogen-bond acceptors (Lipinski definition) is 2. The molecule has 1 atom stereocenters. The minimum atomic E-state index is -0.0385. The Morgan fingerprint density at radius 3 is 2.25 bits per heavy atom. The fourth-order valence-electron chi connectivity index (χ4n) is 1.69. The molecule has 0 aromatic carbocycles. The number of ether oxygens (including phenoxy) is 2. The molecular weight excluding hydrogens is 152 g/mol. The molecule has 12 heavy (non-hydrogen) atoms. The Bertz CT molecular complexity index is 117. The highest BCUT2D eigenvalue weighted by Crippen LogP contribution is 2.26. The maximum absolute atomic E-state index is 5.67. The summed E-state index contributed by atoms with van der Waals surface area (Å²) in [4.78, 5) is 0.